The Bertz CT molecular complexity index is 1390. The number of rotatable bonds is 8. The van der Waals surface area contributed by atoms with Gasteiger partial charge in [-0.3, -0.25) is 9.59 Å². The molecule has 0 unspecified atom stereocenters. The van der Waals surface area contributed by atoms with Crippen LogP contribution < -0.4 is 15.5 Å². The summed E-state index contributed by atoms with van der Waals surface area (Å²) in [5.41, 5.74) is 5.56. The minimum atomic E-state index is -0.415. The molecule has 2 amide bonds. The summed E-state index contributed by atoms with van der Waals surface area (Å²) >= 11 is 9.29. The van der Waals surface area contributed by atoms with Crippen LogP contribution in [0.2, 0.25) is 5.02 Å². The average Bonchev–Trinajstić information content (AvgIpc) is 2.89. The molecule has 0 fully saturated rings. The van der Waals surface area contributed by atoms with Crippen molar-refractivity contribution >= 4 is 51.2 Å². The summed E-state index contributed by atoms with van der Waals surface area (Å²) in [7, 11) is 0. The van der Waals surface area contributed by atoms with Gasteiger partial charge in [-0.2, -0.15) is 5.10 Å². The molecule has 0 saturated heterocycles. The minimum Gasteiger partial charge on any atom is -0.488 e. The van der Waals surface area contributed by atoms with Gasteiger partial charge >= 0.3 is 0 Å². The van der Waals surface area contributed by atoms with Crippen LogP contribution in [0.25, 0.3) is 0 Å². The second-order valence-electron chi connectivity index (χ2n) is 7.69. The third-order valence-corrected chi connectivity index (χ3v) is 5.87. The first-order valence-electron chi connectivity index (χ1n) is 10.9. The van der Waals surface area contributed by atoms with Crippen molar-refractivity contribution in [1.29, 1.82) is 0 Å². The average molecular weight is 563 g/mol. The van der Waals surface area contributed by atoms with Crippen LogP contribution in [0.1, 0.15) is 31.8 Å². The van der Waals surface area contributed by atoms with Crippen molar-refractivity contribution in [3.05, 3.63) is 129 Å². The van der Waals surface area contributed by atoms with Crippen LogP contribution in [-0.2, 0) is 6.61 Å². The summed E-state index contributed by atoms with van der Waals surface area (Å²) in [6, 6.07) is 28.4. The molecule has 4 aromatic carbocycles. The van der Waals surface area contributed by atoms with Gasteiger partial charge in [-0.1, -0.05) is 57.9 Å². The molecule has 180 valence electrons. The minimum absolute atomic E-state index is 0.304. The van der Waals surface area contributed by atoms with Gasteiger partial charge in [0.2, 0.25) is 0 Å². The number of carbonyl (C=O) groups is 2. The maximum Gasteiger partial charge on any atom is 0.271 e. The Balaban J connectivity index is 1.36. The molecule has 0 aliphatic heterocycles. The highest BCUT2D eigenvalue weighted by Gasteiger charge is 2.09. The quantitative estimate of drug-likeness (QED) is 0.185. The summed E-state index contributed by atoms with van der Waals surface area (Å²) in [5.74, 6) is -0.0746. The Morgan fingerprint density at radius 3 is 2.39 bits per heavy atom. The Kier molecular flexibility index (Phi) is 8.49. The van der Waals surface area contributed by atoms with E-state index in [1.165, 1.54) is 6.21 Å². The number of anilines is 1. The van der Waals surface area contributed by atoms with Gasteiger partial charge in [-0.15, -0.1) is 0 Å². The van der Waals surface area contributed by atoms with Gasteiger partial charge < -0.3 is 10.1 Å². The number of halogens is 2. The first-order chi connectivity index (χ1) is 17.5. The largest absolute Gasteiger partial charge is 0.488 e. The number of benzene rings is 4. The Morgan fingerprint density at radius 1 is 0.861 bits per heavy atom. The number of carbonyl (C=O) groups excluding carboxylic acids is 2. The van der Waals surface area contributed by atoms with Crippen molar-refractivity contribution in [2.45, 2.75) is 6.61 Å². The fourth-order valence-corrected chi connectivity index (χ4v) is 3.62. The van der Waals surface area contributed by atoms with E-state index in [1.807, 2.05) is 48.5 Å². The molecule has 0 atom stereocenters. The van der Waals surface area contributed by atoms with E-state index in [1.54, 1.807) is 48.5 Å². The van der Waals surface area contributed by atoms with E-state index >= 15 is 0 Å². The van der Waals surface area contributed by atoms with Crippen molar-refractivity contribution < 1.29 is 14.3 Å². The van der Waals surface area contributed by atoms with Crippen LogP contribution >= 0.6 is 27.5 Å². The molecule has 0 spiro atoms. The standard InChI is InChI=1S/C28H21BrClN3O3/c29-23-12-8-19(9-13-23)18-36-26-7-2-1-4-22(26)17-31-33-28(35)21-5-3-6-25(16-21)32-27(34)20-10-14-24(30)15-11-20/h1-17H,18H2,(H,32,34)(H,33,35). The Hall–Kier alpha value is -3.94. The lowest BCUT2D eigenvalue weighted by Gasteiger charge is -2.09. The molecule has 0 heterocycles. The van der Waals surface area contributed by atoms with E-state index in [-0.39, 0.29) is 5.91 Å². The SMILES string of the molecule is O=C(NN=Cc1ccccc1OCc1ccc(Br)cc1)c1cccc(NC(=O)c2ccc(Cl)cc2)c1. The van der Waals surface area contributed by atoms with E-state index in [0.717, 1.165) is 15.6 Å². The smallest absolute Gasteiger partial charge is 0.271 e. The Morgan fingerprint density at radius 2 is 1.61 bits per heavy atom. The maximum atomic E-state index is 12.6. The molecule has 2 N–H and O–H groups in total. The Labute approximate surface area is 222 Å². The molecule has 4 aromatic rings. The molecule has 4 rings (SSSR count). The number of para-hydroxylation sites is 1. The van der Waals surface area contributed by atoms with Crippen LogP contribution in [0.3, 0.4) is 0 Å². The number of nitrogens with zero attached hydrogens (tertiary/aromatic N) is 1. The van der Waals surface area contributed by atoms with E-state index < -0.39 is 5.91 Å². The summed E-state index contributed by atoms with van der Waals surface area (Å²) in [6.07, 6.45) is 1.53. The monoisotopic (exact) mass is 561 g/mol. The number of amides is 2. The highest BCUT2D eigenvalue weighted by molar-refractivity contribution is 9.10. The lowest BCUT2D eigenvalue weighted by Crippen LogP contribution is -2.18. The molecule has 0 radical (unpaired) electrons. The van der Waals surface area contributed by atoms with Crippen molar-refractivity contribution in [3.63, 3.8) is 0 Å². The third-order valence-electron chi connectivity index (χ3n) is 5.09. The summed E-state index contributed by atoms with van der Waals surface area (Å²) < 4.78 is 6.94. The zero-order valence-corrected chi connectivity index (χ0v) is 21.3. The van der Waals surface area contributed by atoms with E-state index in [9.17, 15) is 9.59 Å². The van der Waals surface area contributed by atoms with Crippen molar-refractivity contribution in [1.82, 2.24) is 5.43 Å². The van der Waals surface area contributed by atoms with E-state index in [2.05, 4.69) is 31.8 Å². The topological polar surface area (TPSA) is 79.8 Å². The molecule has 0 aliphatic rings. The predicted octanol–water partition coefficient (Wildman–Crippen LogP) is 6.70. The zero-order chi connectivity index (χ0) is 25.3. The van der Waals surface area contributed by atoms with Gasteiger partial charge in [-0.25, -0.2) is 5.43 Å². The number of ether oxygens (including phenoxy) is 1. The number of hydrazone groups is 1. The third kappa shape index (κ3) is 7.04. The first kappa shape index (κ1) is 25.2. The molecular weight excluding hydrogens is 542 g/mol. The van der Waals surface area contributed by atoms with E-state index in [4.69, 9.17) is 16.3 Å². The van der Waals surface area contributed by atoms with Crippen molar-refractivity contribution in [3.8, 4) is 5.75 Å². The van der Waals surface area contributed by atoms with Gasteiger partial charge in [0.15, 0.2) is 0 Å². The van der Waals surface area contributed by atoms with Gasteiger partial charge in [0.1, 0.15) is 12.4 Å². The number of hydrogen-bond acceptors (Lipinski definition) is 4. The van der Waals surface area contributed by atoms with E-state index in [0.29, 0.717) is 34.2 Å². The van der Waals surface area contributed by atoms with Gasteiger partial charge in [0.05, 0.1) is 6.21 Å². The maximum absolute atomic E-state index is 12.6. The zero-order valence-electron chi connectivity index (χ0n) is 18.9. The fraction of sp³-hybridized carbons (Fsp3) is 0.0357. The molecule has 0 aliphatic carbocycles. The molecule has 0 aromatic heterocycles. The van der Waals surface area contributed by atoms with Crippen LogP contribution in [0, 0.1) is 0 Å². The molecule has 0 bridgehead atoms. The lowest BCUT2D eigenvalue weighted by molar-refractivity contribution is 0.0953. The second-order valence-corrected chi connectivity index (χ2v) is 9.05. The molecular formula is C28H21BrClN3O3. The van der Waals surface area contributed by atoms with Crippen LogP contribution in [-0.4, -0.2) is 18.0 Å². The highest BCUT2D eigenvalue weighted by Crippen LogP contribution is 2.19. The fourth-order valence-electron chi connectivity index (χ4n) is 3.23. The molecule has 8 heteroatoms. The van der Waals surface area contributed by atoms with Gasteiger partial charge in [0, 0.05) is 31.9 Å². The van der Waals surface area contributed by atoms with Crippen LogP contribution in [0.5, 0.6) is 5.75 Å². The van der Waals surface area contributed by atoms with Gasteiger partial charge in [0.25, 0.3) is 11.8 Å². The van der Waals surface area contributed by atoms with Crippen LogP contribution in [0.4, 0.5) is 5.69 Å². The van der Waals surface area contributed by atoms with Crippen molar-refractivity contribution in [2.24, 2.45) is 5.10 Å². The first-order valence-corrected chi connectivity index (χ1v) is 12.1. The second kappa shape index (κ2) is 12.2. The van der Waals surface area contributed by atoms with Gasteiger partial charge in [-0.05, 0) is 72.3 Å². The highest BCUT2D eigenvalue weighted by atomic mass is 79.9. The van der Waals surface area contributed by atoms with Crippen LogP contribution in [0.15, 0.2) is 107 Å². The molecule has 36 heavy (non-hydrogen) atoms. The molecule has 6 nitrogen and oxygen atoms in total. The lowest BCUT2D eigenvalue weighted by atomic mass is 10.1. The number of nitrogens with one attached hydrogen (secondary N) is 2. The molecule has 0 saturated carbocycles. The normalized spacial score (nSPS) is 10.7. The summed E-state index contributed by atoms with van der Waals surface area (Å²) in [5, 5.41) is 7.40. The summed E-state index contributed by atoms with van der Waals surface area (Å²) in [6.45, 7) is 0.402. The van der Waals surface area contributed by atoms with Crippen molar-refractivity contribution in [2.75, 3.05) is 5.32 Å². The predicted molar refractivity (Wildman–Crippen MR) is 146 cm³/mol. The number of hydrogen-bond donors (Lipinski definition) is 2. The summed E-state index contributed by atoms with van der Waals surface area (Å²) in [4.78, 5) is 25.1.